The number of hydrogen-bond donors (Lipinski definition) is 0. The van der Waals surface area contributed by atoms with Crippen LogP contribution < -0.4 is 0 Å². The van der Waals surface area contributed by atoms with Crippen LogP contribution in [0.3, 0.4) is 0 Å². The van der Waals surface area contributed by atoms with Gasteiger partial charge in [0, 0.05) is 32.3 Å². The number of aryl methyl sites for hydroxylation is 1. The number of aromatic nitrogens is 1. The zero-order valence-electron chi connectivity index (χ0n) is 15.5. The quantitative estimate of drug-likeness (QED) is 0.738. The number of nitrogens with zero attached hydrogens (tertiary/aromatic N) is 3. The van der Waals surface area contributed by atoms with E-state index in [1.165, 1.54) is 6.42 Å². The highest BCUT2D eigenvalue weighted by atomic mass is 31.1. The van der Waals surface area contributed by atoms with E-state index in [1.807, 2.05) is 36.2 Å². The predicted molar refractivity (Wildman–Crippen MR) is 108 cm³/mol. The summed E-state index contributed by atoms with van der Waals surface area (Å²) in [4.78, 5) is 21.4. The molecular weight excluding hydrogens is 357 g/mol. The molecule has 0 radical (unpaired) electrons. The van der Waals surface area contributed by atoms with Crippen LogP contribution in [0.4, 0.5) is 0 Å². The molecule has 0 saturated carbocycles. The van der Waals surface area contributed by atoms with E-state index >= 15 is 0 Å². The van der Waals surface area contributed by atoms with Gasteiger partial charge in [-0.2, -0.15) is 0 Å². The Morgan fingerprint density at radius 3 is 3.04 bits per heavy atom. The average molecular weight is 379 g/mol. The van der Waals surface area contributed by atoms with Gasteiger partial charge in [-0.1, -0.05) is 27.6 Å². The van der Waals surface area contributed by atoms with Crippen LogP contribution in [0.15, 0.2) is 52.7 Å². The normalized spacial score (nSPS) is 25.9. The summed E-state index contributed by atoms with van der Waals surface area (Å²) >= 11 is 0. The van der Waals surface area contributed by atoms with Gasteiger partial charge in [0.05, 0.1) is 11.5 Å². The molecule has 3 aliphatic heterocycles. The lowest BCUT2D eigenvalue weighted by Crippen LogP contribution is -2.37. The number of rotatable bonds is 2. The van der Waals surface area contributed by atoms with Gasteiger partial charge >= 0.3 is 0 Å². The molecule has 0 spiro atoms. The molecule has 0 N–H and O–H groups in total. The summed E-state index contributed by atoms with van der Waals surface area (Å²) in [5, 5.41) is 1.08. The lowest BCUT2D eigenvalue weighted by atomic mass is 10.1. The molecule has 1 amide bonds. The minimum atomic E-state index is 0.0525. The molecule has 3 aliphatic rings. The van der Waals surface area contributed by atoms with Crippen molar-refractivity contribution in [2.24, 2.45) is 5.92 Å². The van der Waals surface area contributed by atoms with Crippen molar-refractivity contribution in [1.29, 1.82) is 0 Å². The molecular formula is C21H22N3O2P. The highest BCUT2D eigenvalue weighted by molar-refractivity contribution is 7.51. The third-order valence-corrected chi connectivity index (χ3v) is 6.95. The smallest absolute Gasteiger partial charge is 0.252 e. The molecule has 5 nitrogen and oxygen atoms in total. The number of hydrogen-bond acceptors (Lipinski definition) is 4. The van der Waals surface area contributed by atoms with E-state index in [4.69, 9.17) is 4.42 Å². The molecule has 1 aromatic carbocycles. The summed E-state index contributed by atoms with van der Waals surface area (Å²) in [5.41, 5.74) is 3.83. The largest absolute Gasteiger partial charge is 0.441 e. The number of oxazole rings is 1. The number of allylic oxidation sites excluding steroid dienone is 1. The van der Waals surface area contributed by atoms with Crippen LogP contribution in [0.5, 0.6) is 0 Å². The molecule has 1 saturated heterocycles. The Bertz CT molecular complexity index is 1020. The van der Waals surface area contributed by atoms with E-state index in [0.29, 0.717) is 14.5 Å². The van der Waals surface area contributed by atoms with E-state index in [2.05, 4.69) is 29.0 Å². The summed E-state index contributed by atoms with van der Waals surface area (Å²) in [6, 6.07) is 5.99. The van der Waals surface area contributed by atoms with Crippen molar-refractivity contribution in [3.05, 3.63) is 59.8 Å². The van der Waals surface area contributed by atoms with Crippen LogP contribution in [0.25, 0.3) is 16.4 Å². The van der Waals surface area contributed by atoms with Crippen molar-refractivity contribution >= 4 is 30.9 Å². The maximum absolute atomic E-state index is 12.8. The van der Waals surface area contributed by atoms with Gasteiger partial charge < -0.3 is 14.2 Å². The standard InChI is InChI=1S/C21H22N3O2P/c1-13-7-8-23(11-13)16-4-6-21-24(12-16)20(25)10-19(27-21)15-3-5-17-18(9-15)26-14(2)22-17/h3-6,9-10,12-13,21,27H,7-8,11H2,1-2H3/t13-,21?/m1/s1. The molecule has 1 fully saturated rings. The Kier molecular flexibility index (Phi) is 3.94. The second-order valence-electron chi connectivity index (χ2n) is 7.56. The fourth-order valence-corrected chi connectivity index (χ4v) is 5.38. The first-order chi connectivity index (χ1) is 13.1. The first-order valence-corrected chi connectivity index (χ1v) is 10.5. The molecule has 2 unspecified atom stereocenters. The van der Waals surface area contributed by atoms with Crippen LogP contribution >= 0.6 is 8.58 Å². The van der Waals surface area contributed by atoms with Gasteiger partial charge in [0.15, 0.2) is 11.5 Å². The van der Waals surface area contributed by atoms with E-state index in [9.17, 15) is 4.79 Å². The van der Waals surface area contributed by atoms with Crippen LogP contribution in [-0.4, -0.2) is 39.6 Å². The van der Waals surface area contributed by atoms with Crippen molar-refractivity contribution in [3.8, 4) is 0 Å². The van der Waals surface area contributed by atoms with E-state index in [0.717, 1.165) is 46.7 Å². The third-order valence-electron chi connectivity index (χ3n) is 5.44. The van der Waals surface area contributed by atoms with Crippen molar-refractivity contribution in [3.63, 3.8) is 0 Å². The van der Waals surface area contributed by atoms with Gasteiger partial charge in [-0.25, -0.2) is 4.98 Å². The Hall–Kier alpha value is -2.39. The first-order valence-electron chi connectivity index (χ1n) is 9.40. The topological polar surface area (TPSA) is 49.6 Å². The average Bonchev–Trinajstić information content (AvgIpc) is 3.25. The van der Waals surface area contributed by atoms with Gasteiger partial charge in [0.25, 0.3) is 5.91 Å². The van der Waals surface area contributed by atoms with Crippen LogP contribution in [0.1, 0.15) is 24.8 Å². The van der Waals surface area contributed by atoms with E-state index in [-0.39, 0.29) is 11.7 Å². The van der Waals surface area contributed by atoms with Gasteiger partial charge in [-0.15, -0.1) is 0 Å². The number of carbonyl (C=O) groups excluding carboxylic acids is 1. The molecule has 0 aliphatic carbocycles. The van der Waals surface area contributed by atoms with E-state index in [1.54, 1.807) is 6.08 Å². The van der Waals surface area contributed by atoms with Gasteiger partial charge in [-0.3, -0.25) is 4.79 Å². The molecule has 2 aromatic rings. The Morgan fingerprint density at radius 1 is 1.33 bits per heavy atom. The van der Waals surface area contributed by atoms with Crippen molar-refractivity contribution in [2.75, 3.05) is 13.1 Å². The summed E-state index contributed by atoms with van der Waals surface area (Å²) in [6.45, 7) is 6.28. The molecule has 6 heteroatoms. The second-order valence-corrected chi connectivity index (χ2v) is 8.98. The van der Waals surface area contributed by atoms with Crippen LogP contribution in [-0.2, 0) is 4.79 Å². The number of carbonyl (C=O) groups is 1. The molecule has 4 heterocycles. The minimum Gasteiger partial charge on any atom is -0.441 e. The van der Waals surface area contributed by atoms with Crippen LogP contribution in [0, 0.1) is 12.8 Å². The van der Waals surface area contributed by atoms with Gasteiger partial charge in [-0.05, 0) is 41.4 Å². The van der Waals surface area contributed by atoms with Gasteiger partial charge in [0.1, 0.15) is 5.52 Å². The Morgan fingerprint density at radius 2 is 2.22 bits per heavy atom. The second kappa shape index (κ2) is 6.35. The Balaban J connectivity index is 1.43. The van der Waals surface area contributed by atoms with Crippen molar-refractivity contribution in [2.45, 2.75) is 26.1 Å². The lowest BCUT2D eigenvalue weighted by molar-refractivity contribution is -0.123. The number of fused-ring (bicyclic) bond motifs is 2. The summed E-state index contributed by atoms with van der Waals surface area (Å²) in [6.07, 6.45) is 9.40. The molecule has 5 rings (SSSR count). The van der Waals surface area contributed by atoms with Gasteiger partial charge in [0.2, 0.25) is 0 Å². The number of benzene rings is 1. The summed E-state index contributed by atoms with van der Waals surface area (Å²) in [7, 11) is 0.513. The summed E-state index contributed by atoms with van der Waals surface area (Å²) < 4.78 is 5.65. The van der Waals surface area contributed by atoms with Crippen molar-refractivity contribution in [1.82, 2.24) is 14.8 Å². The SMILES string of the molecule is Cc1nc2ccc(C3=CC(=O)N4C=C(N5CC[C@@H](C)C5)C=CC4P3)cc2o1. The minimum absolute atomic E-state index is 0.0525. The van der Waals surface area contributed by atoms with Crippen LogP contribution in [0.2, 0.25) is 0 Å². The molecule has 3 atom stereocenters. The lowest BCUT2D eigenvalue weighted by Gasteiger charge is -2.35. The Labute approximate surface area is 160 Å². The third kappa shape index (κ3) is 3.00. The zero-order valence-corrected chi connectivity index (χ0v) is 16.5. The predicted octanol–water partition coefficient (Wildman–Crippen LogP) is 4.08. The number of likely N-dealkylation sites (tertiary alicyclic amines) is 1. The van der Waals surface area contributed by atoms with Crippen molar-refractivity contribution < 1.29 is 9.21 Å². The molecule has 1 aromatic heterocycles. The van der Waals surface area contributed by atoms with E-state index < -0.39 is 0 Å². The number of amides is 1. The zero-order chi connectivity index (χ0) is 18.5. The molecule has 138 valence electrons. The monoisotopic (exact) mass is 379 g/mol. The fraction of sp³-hybridized carbons (Fsp3) is 0.333. The summed E-state index contributed by atoms with van der Waals surface area (Å²) in [5.74, 6) is 1.54. The molecule has 0 bridgehead atoms. The highest BCUT2D eigenvalue weighted by Crippen LogP contribution is 2.45. The maximum Gasteiger partial charge on any atom is 0.252 e. The first kappa shape index (κ1) is 16.8. The maximum atomic E-state index is 12.8. The highest BCUT2D eigenvalue weighted by Gasteiger charge is 2.30. The fourth-order valence-electron chi connectivity index (χ4n) is 4.00. The molecule has 27 heavy (non-hydrogen) atoms.